The van der Waals surface area contributed by atoms with Crippen molar-refractivity contribution in [2.24, 2.45) is 0 Å². The van der Waals surface area contributed by atoms with Gasteiger partial charge in [0.15, 0.2) is 0 Å². The van der Waals surface area contributed by atoms with Gasteiger partial charge >= 0.3 is 0 Å². The molecule has 0 unspecified atom stereocenters. The summed E-state index contributed by atoms with van der Waals surface area (Å²) in [7, 11) is -2.09. The van der Waals surface area contributed by atoms with E-state index < -0.39 is 10.0 Å². The summed E-state index contributed by atoms with van der Waals surface area (Å²) in [5.41, 5.74) is 1.24. The number of hydrogen-bond acceptors (Lipinski definition) is 4. The topological polar surface area (TPSA) is 64.6 Å². The predicted molar refractivity (Wildman–Crippen MR) is 90.7 cm³/mol. The van der Waals surface area contributed by atoms with Gasteiger partial charge in [0.2, 0.25) is 0 Å². The van der Waals surface area contributed by atoms with E-state index in [2.05, 4.69) is 4.72 Å². The summed E-state index contributed by atoms with van der Waals surface area (Å²) >= 11 is 0. The van der Waals surface area contributed by atoms with Gasteiger partial charge < -0.3 is 9.47 Å². The molecular formula is C17H21NO4S. The molecule has 124 valence electrons. The minimum atomic E-state index is -3.64. The van der Waals surface area contributed by atoms with Crippen LogP contribution in [0.2, 0.25) is 0 Å². The third-order valence-electron chi connectivity index (χ3n) is 3.15. The Kier molecular flexibility index (Phi) is 5.15. The van der Waals surface area contributed by atoms with Crippen LogP contribution in [0.5, 0.6) is 11.5 Å². The predicted octanol–water partition coefficient (Wildman–Crippen LogP) is 3.59. The van der Waals surface area contributed by atoms with Crippen LogP contribution in [-0.2, 0) is 10.0 Å². The minimum Gasteiger partial charge on any atom is -0.496 e. The van der Waals surface area contributed by atoms with Gasteiger partial charge in [0.05, 0.1) is 18.1 Å². The largest absolute Gasteiger partial charge is 0.496 e. The first-order valence-corrected chi connectivity index (χ1v) is 8.74. The number of ether oxygens (including phenoxy) is 2. The first kappa shape index (κ1) is 17.1. The smallest absolute Gasteiger partial charge is 0.261 e. The number of hydrogen-bond donors (Lipinski definition) is 1. The number of methoxy groups -OCH3 is 1. The lowest BCUT2D eigenvalue weighted by molar-refractivity contribution is 0.242. The molecule has 0 amide bonds. The molecule has 0 aliphatic rings. The summed E-state index contributed by atoms with van der Waals surface area (Å²) in [6, 6.07) is 11.6. The molecule has 0 aliphatic carbocycles. The second kappa shape index (κ2) is 6.91. The molecular weight excluding hydrogens is 314 g/mol. The van der Waals surface area contributed by atoms with Gasteiger partial charge in [-0.25, -0.2) is 8.42 Å². The summed E-state index contributed by atoms with van der Waals surface area (Å²) in [6.07, 6.45) is 0.0693. The third-order valence-corrected chi connectivity index (χ3v) is 4.53. The molecule has 0 saturated carbocycles. The molecule has 0 atom stereocenters. The van der Waals surface area contributed by atoms with Crippen LogP contribution in [0.25, 0.3) is 0 Å². The van der Waals surface area contributed by atoms with Gasteiger partial charge in [-0.2, -0.15) is 0 Å². The second-order valence-corrected chi connectivity index (χ2v) is 7.11. The van der Waals surface area contributed by atoms with E-state index in [0.29, 0.717) is 17.2 Å². The van der Waals surface area contributed by atoms with Crippen LogP contribution in [0.3, 0.4) is 0 Å². The Morgan fingerprint density at radius 1 is 1.04 bits per heavy atom. The quantitative estimate of drug-likeness (QED) is 0.876. The molecule has 0 spiro atoms. The Labute approximate surface area is 137 Å². The number of anilines is 1. The number of nitrogens with one attached hydrogen (secondary N) is 1. The van der Waals surface area contributed by atoms with Crippen LogP contribution in [0, 0.1) is 6.92 Å². The van der Waals surface area contributed by atoms with Gasteiger partial charge in [-0.05, 0) is 68.8 Å². The van der Waals surface area contributed by atoms with Crippen LogP contribution in [0.15, 0.2) is 47.4 Å². The van der Waals surface area contributed by atoms with E-state index in [1.165, 1.54) is 6.07 Å². The molecule has 2 aromatic rings. The number of rotatable bonds is 6. The van der Waals surface area contributed by atoms with Crippen molar-refractivity contribution < 1.29 is 17.9 Å². The molecule has 2 rings (SSSR count). The normalized spacial score (nSPS) is 11.3. The molecule has 23 heavy (non-hydrogen) atoms. The summed E-state index contributed by atoms with van der Waals surface area (Å²) in [5, 5.41) is 0. The lowest BCUT2D eigenvalue weighted by atomic mass is 10.2. The Balaban J connectivity index is 2.19. The first-order chi connectivity index (χ1) is 10.8. The van der Waals surface area contributed by atoms with Crippen molar-refractivity contribution in [1.82, 2.24) is 0 Å². The van der Waals surface area contributed by atoms with Gasteiger partial charge in [-0.15, -0.1) is 0 Å². The van der Waals surface area contributed by atoms with Gasteiger partial charge in [-0.3, -0.25) is 4.72 Å². The van der Waals surface area contributed by atoms with Gasteiger partial charge in [0.1, 0.15) is 11.5 Å². The molecule has 6 heteroatoms. The number of benzene rings is 2. The van der Waals surface area contributed by atoms with E-state index >= 15 is 0 Å². The molecule has 0 aliphatic heterocycles. The fraction of sp³-hybridized carbons (Fsp3) is 0.294. The number of aryl methyl sites for hydroxylation is 1. The molecule has 5 nitrogen and oxygen atoms in total. The lowest BCUT2D eigenvalue weighted by Crippen LogP contribution is -2.13. The summed E-state index contributed by atoms with van der Waals surface area (Å²) in [6.45, 7) is 5.67. The Bertz CT molecular complexity index is 768. The molecule has 1 N–H and O–H groups in total. The monoisotopic (exact) mass is 335 g/mol. The highest BCUT2D eigenvalue weighted by Crippen LogP contribution is 2.24. The van der Waals surface area contributed by atoms with Crippen molar-refractivity contribution in [1.29, 1.82) is 0 Å². The zero-order valence-corrected chi connectivity index (χ0v) is 14.5. The standard InChI is InChI=1S/C17H21NO4S/c1-12(2)22-15-7-5-14(6-8-15)18-23(19,20)16-9-10-17(21-4)13(3)11-16/h5-12,18H,1-4H3. The SMILES string of the molecule is COc1ccc(S(=O)(=O)Nc2ccc(OC(C)C)cc2)cc1C. The van der Waals surface area contributed by atoms with Crippen LogP contribution in [-0.4, -0.2) is 21.6 Å². The van der Waals surface area contributed by atoms with E-state index in [1.54, 1.807) is 50.4 Å². The van der Waals surface area contributed by atoms with E-state index in [9.17, 15) is 8.42 Å². The molecule has 0 radical (unpaired) electrons. The summed E-state index contributed by atoms with van der Waals surface area (Å²) < 4.78 is 38.1. The molecule has 0 heterocycles. The highest BCUT2D eigenvalue weighted by Gasteiger charge is 2.15. The second-order valence-electron chi connectivity index (χ2n) is 5.43. The average Bonchev–Trinajstić information content (AvgIpc) is 2.48. The zero-order valence-electron chi connectivity index (χ0n) is 13.7. The van der Waals surface area contributed by atoms with Crippen LogP contribution in [0.4, 0.5) is 5.69 Å². The van der Waals surface area contributed by atoms with Crippen molar-refractivity contribution in [2.75, 3.05) is 11.8 Å². The lowest BCUT2D eigenvalue weighted by Gasteiger charge is -2.12. The molecule has 0 aromatic heterocycles. The van der Waals surface area contributed by atoms with Gasteiger partial charge in [0.25, 0.3) is 10.0 Å². The van der Waals surface area contributed by atoms with Crippen molar-refractivity contribution in [2.45, 2.75) is 31.8 Å². The molecule has 0 bridgehead atoms. The highest BCUT2D eigenvalue weighted by molar-refractivity contribution is 7.92. The highest BCUT2D eigenvalue weighted by atomic mass is 32.2. The van der Waals surface area contributed by atoms with Gasteiger partial charge in [-0.1, -0.05) is 0 Å². The Hall–Kier alpha value is -2.21. The molecule has 0 fully saturated rings. The Morgan fingerprint density at radius 3 is 2.22 bits per heavy atom. The maximum atomic E-state index is 12.4. The van der Waals surface area contributed by atoms with E-state index in [4.69, 9.17) is 9.47 Å². The number of sulfonamides is 1. The van der Waals surface area contributed by atoms with Gasteiger partial charge in [0, 0.05) is 5.69 Å². The first-order valence-electron chi connectivity index (χ1n) is 7.26. The van der Waals surface area contributed by atoms with Crippen molar-refractivity contribution in [3.05, 3.63) is 48.0 Å². The van der Waals surface area contributed by atoms with Crippen molar-refractivity contribution in [3.8, 4) is 11.5 Å². The summed E-state index contributed by atoms with van der Waals surface area (Å²) in [4.78, 5) is 0.193. The third kappa shape index (κ3) is 4.39. The molecule has 0 saturated heterocycles. The van der Waals surface area contributed by atoms with Crippen LogP contribution >= 0.6 is 0 Å². The minimum absolute atomic E-state index is 0.0693. The fourth-order valence-electron chi connectivity index (χ4n) is 2.11. The Morgan fingerprint density at radius 2 is 1.70 bits per heavy atom. The van der Waals surface area contributed by atoms with Crippen LogP contribution < -0.4 is 14.2 Å². The molecule has 2 aromatic carbocycles. The van der Waals surface area contributed by atoms with Crippen molar-refractivity contribution in [3.63, 3.8) is 0 Å². The van der Waals surface area contributed by atoms with E-state index in [0.717, 1.165) is 5.56 Å². The van der Waals surface area contributed by atoms with E-state index in [-0.39, 0.29) is 11.0 Å². The fourth-order valence-corrected chi connectivity index (χ4v) is 3.25. The summed E-state index contributed by atoms with van der Waals surface area (Å²) in [5.74, 6) is 1.35. The zero-order chi connectivity index (χ0) is 17.0. The van der Waals surface area contributed by atoms with E-state index in [1.807, 2.05) is 13.8 Å². The van der Waals surface area contributed by atoms with Crippen LogP contribution in [0.1, 0.15) is 19.4 Å². The average molecular weight is 335 g/mol. The van der Waals surface area contributed by atoms with Crippen molar-refractivity contribution >= 4 is 15.7 Å². The maximum Gasteiger partial charge on any atom is 0.261 e. The maximum absolute atomic E-state index is 12.4.